The number of anilines is 2. The van der Waals surface area contributed by atoms with Crippen LogP contribution < -0.4 is 16.4 Å². The van der Waals surface area contributed by atoms with E-state index in [0.717, 1.165) is 0 Å². The van der Waals surface area contributed by atoms with E-state index in [2.05, 4.69) is 36.5 Å². The molecule has 1 amide bonds. The number of carbonyl (C=O) groups excluding carboxylic acids is 1. The number of primary amides is 1. The summed E-state index contributed by atoms with van der Waals surface area (Å²) in [6.07, 6.45) is 0.303. The van der Waals surface area contributed by atoms with Gasteiger partial charge in [-0.25, -0.2) is 4.98 Å². The van der Waals surface area contributed by atoms with Crippen LogP contribution in [0.2, 0.25) is 0 Å². The Hall–Kier alpha value is -1.41. The number of carbonyl (C=O) groups is 1. The van der Waals surface area contributed by atoms with Gasteiger partial charge in [0.15, 0.2) is 0 Å². The van der Waals surface area contributed by atoms with Crippen molar-refractivity contribution in [3.8, 4) is 0 Å². The molecule has 0 fully saturated rings. The first-order valence-electron chi connectivity index (χ1n) is 4.46. The lowest BCUT2D eigenvalue weighted by Gasteiger charge is -2.10. The van der Waals surface area contributed by atoms with Crippen LogP contribution >= 0.6 is 15.9 Å². The number of amides is 1. The molecule has 0 spiro atoms. The van der Waals surface area contributed by atoms with Crippen LogP contribution in [0.3, 0.4) is 0 Å². The molecule has 0 radical (unpaired) electrons. The molecule has 5 N–H and O–H groups in total. The van der Waals surface area contributed by atoms with Gasteiger partial charge in [0.05, 0.1) is 11.0 Å². The van der Waals surface area contributed by atoms with E-state index >= 15 is 0 Å². The number of aromatic nitrogens is 2. The number of hydrogen-bond donors (Lipinski definition) is 4. The molecule has 1 atom stereocenters. The minimum Gasteiger partial charge on any atom is -0.381 e. The van der Waals surface area contributed by atoms with Crippen LogP contribution in [-0.4, -0.2) is 40.7 Å². The Kier molecular flexibility index (Phi) is 4.44. The van der Waals surface area contributed by atoms with Crippen molar-refractivity contribution in [1.29, 1.82) is 0 Å². The maximum atomic E-state index is 10.6. The molecule has 1 heterocycles. The van der Waals surface area contributed by atoms with Gasteiger partial charge < -0.3 is 21.5 Å². The molecule has 0 aromatic carbocycles. The van der Waals surface area contributed by atoms with E-state index in [1.807, 2.05) is 0 Å². The lowest BCUT2D eigenvalue weighted by atomic mass is 10.3. The fourth-order valence-electron chi connectivity index (χ4n) is 0.905. The molecule has 1 aromatic heterocycles. The van der Waals surface area contributed by atoms with E-state index in [0.29, 0.717) is 16.2 Å². The maximum Gasteiger partial charge on any atom is 0.248 e. The highest BCUT2D eigenvalue weighted by Gasteiger charge is 2.12. The van der Waals surface area contributed by atoms with Crippen LogP contribution in [0.4, 0.5) is 11.8 Å². The molecule has 16 heavy (non-hydrogen) atoms. The molecule has 1 aromatic rings. The quantitative estimate of drug-likeness (QED) is 0.583. The molecule has 0 aliphatic rings. The lowest BCUT2D eigenvalue weighted by molar-refractivity contribution is -0.125. The second-order valence-corrected chi connectivity index (χ2v) is 3.79. The number of halogens is 1. The third kappa shape index (κ3) is 3.31. The van der Waals surface area contributed by atoms with E-state index in [9.17, 15) is 9.90 Å². The fraction of sp³-hybridized carbons (Fsp3) is 0.375. The van der Waals surface area contributed by atoms with Crippen LogP contribution in [0.15, 0.2) is 10.7 Å². The highest BCUT2D eigenvalue weighted by Crippen LogP contribution is 2.19. The van der Waals surface area contributed by atoms with E-state index in [1.165, 1.54) is 0 Å². The Bertz CT molecular complexity index is 387. The van der Waals surface area contributed by atoms with E-state index in [4.69, 9.17) is 5.73 Å². The zero-order chi connectivity index (χ0) is 12.1. The zero-order valence-electron chi connectivity index (χ0n) is 8.57. The van der Waals surface area contributed by atoms with Crippen molar-refractivity contribution in [2.75, 3.05) is 24.2 Å². The summed E-state index contributed by atoms with van der Waals surface area (Å²) in [7, 11) is 1.69. The van der Waals surface area contributed by atoms with Gasteiger partial charge in [-0.05, 0) is 15.9 Å². The van der Waals surface area contributed by atoms with Crippen LogP contribution in [0.5, 0.6) is 0 Å². The molecule has 8 heteroatoms. The summed E-state index contributed by atoms with van der Waals surface area (Å²) >= 11 is 3.23. The molecule has 0 aliphatic heterocycles. The Labute approximate surface area is 101 Å². The van der Waals surface area contributed by atoms with Gasteiger partial charge in [0, 0.05) is 13.2 Å². The fourth-order valence-corrected chi connectivity index (χ4v) is 1.24. The molecule has 88 valence electrons. The predicted octanol–water partition coefficient (Wildman–Crippen LogP) is -0.461. The summed E-state index contributed by atoms with van der Waals surface area (Å²) < 4.78 is 0.628. The highest BCUT2D eigenvalue weighted by atomic mass is 79.9. The van der Waals surface area contributed by atoms with Gasteiger partial charge in [-0.1, -0.05) is 0 Å². The normalized spacial score (nSPS) is 11.9. The minimum absolute atomic E-state index is 0.00585. The van der Waals surface area contributed by atoms with Gasteiger partial charge in [-0.15, -0.1) is 0 Å². The standard InChI is InChI=1S/C8H12BrN5O2/c1-11-8-13-2-4(9)7(14-8)12-3-5(15)6(10)16/h2,5,15H,3H2,1H3,(H2,10,16)(H2,11,12,13,14). The molecule has 7 nitrogen and oxygen atoms in total. The SMILES string of the molecule is CNc1ncc(Br)c(NCC(O)C(N)=O)n1. The van der Waals surface area contributed by atoms with E-state index in [-0.39, 0.29) is 6.54 Å². The third-order valence-corrected chi connectivity index (χ3v) is 2.34. The minimum atomic E-state index is -1.25. The first-order chi connectivity index (χ1) is 7.54. The number of aliphatic hydroxyl groups is 1. The number of nitrogens with zero attached hydrogens (tertiary/aromatic N) is 2. The summed E-state index contributed by atoms with van der Waals surface area (Å²) in [5.74, 6) is 0.116. The Morgan fingerprint density at radius 1 is 1.75 bits per heavy atom. The van der Waals surface area contributed by atoms with E-state index < -0.39 is 12.0 Å². The molecule has 0 aliphatic carbocycles. The highest BCUT2D eigenvalue weighted by molar-refractivity contribution is 9.10. The van der Waals surface area contributed by atoms with Gasteiger partial charge in [0.25, 0.3) is 0 Å². The van der Waals surface area contributed by atoms with Crippen molar-refractivity contribution < 1.29 is 9.90 Å². The topological polar surface area (TPSA) is 113 Å². The summed E-state index contributed by atoms with van der Waals surface area (Å²) in [6.45, 7) is -0.00585. The van der Waals surface area contributed by atoms with Crippen molar-refractivity contribution in [1.82, 2.24) is 9.97 Å². The van der Waals surface area contributed by atoms with Gasteiger partial charge in [-0.2, -0.15) is 4.98 Å². The Morgan fingerprint density at radius 3 is 3.00 bits per heavy atom. The first kappa shape index (κ1) is 12.7. The molecule has 1 unspecified atom stereocenters. The third-order valence-electron chi connectivity index (χ3n) is 1.76. The van der Waals surface area contributed by atoms with Crippen LogP contribution in [0.25, 0.3) is 0 Å². The van der Waals surface area contributed by atoms with E-state index in [1.54, 1.807) is 13.2 Å². The second kappa shape index (κ2) is 5.61. The molecule has 0 saturated carbocycles. The molecular weight excluding hydrogens is 278 g/mol. The number of nitrogens with two attached hydrogens (primary N) is 1. The van der Waals surface area contributed by atoms with Gasteiger partial charge in [0.1, 0.15) is 11.9 Å². The average molecular weight is 290 g/mol. The van der Waals surface area contributed by atoms with Crippen LogP contribution in [-0.2, 0) is 4.79 Å². The summed E-state index contributed by atoms with van der Waals surface area (Å²) in [4.78, 5) is 18.6. The zero-order valence-corrected chi connectivity index (χ0v) is 10.2. The molecule has 1 rings (SSSR count). The summed E-state index contributed by atoms with van der Waals surface area (Å²) in [5.41, 5.74) is 4.91. The van der Waals surface area contributed by atoms with Crippen molar-refractivity contribution in [3.63, 3.8) is 0 Å². The lowest BCUT2D eigenvalue weighted by Crippen LogP contribution is -2.34. The van der Waals surface area contributed by atoms with Crippen molar-refractivity contribution >= 4 is 33.6 Å². The predicted molar refractivity (Wildman–Crippen MR) is 63.0 cm³/mol. The second-order valence-electron chi connectivity index (χ2n) is 2.94. The van der Waals surface area contributed by atoms with Crippen LogP contribution in [0.1, 0.15) is 0 Å². The van der Waals surface area contributed by atoms with Gasteiger partial charge in [0.2, 0.25) is 11.9 Å². The smallest absolute Gasteiger partial charge is 0.248 e. The van der Waals surface area contributed by atoms with Crippen molar-refractivity contribution in [2.24, 2.45) is 5.73 Å². The monoisotopic (exact) mass is 289 g/mol. The van der Waals surface area contributed by atoms with Gasteiger partial charge in [-0.3, -0.25) is 4.79 Å². The van der Waals surface area contributed by atoms with Gasteiger partial charge >= 0.3 is 0 Å². The maximum absolute atomic E-state index is 10.6. The number of hydrogen-bond acceptors (Lipinski definition) is 6. The largest absolute Gasteiger partial charge is 0.381 e. The summed E-state index contributed by atoms with van der Waals surface area (Å²) in [6, 6.07) is 0. The number of rotatable bonds is 5. The Morgan fingerprint density at radius 2 is 2.44 bits per heavy atom. The molecule has 0 bridgehead atoms. The summed E-state index contributed by atoms with van der Waals surface area (Å²) in [5, 5.41) is 14.7. The first-order valence-corrected chi connectivity index (χ1v) is 5.25. The molecular formula is C8H12BrN5O2. The van der Waals surface area contributed by atoms with Crippen LogP contribution in [0, 0.1) is 0 Å². The number of aliphatic hydroxyl groups excluding tert-OH is 1. The number of nitrogens with one attached hydrogen (secondary N) is 2. The molecule has 0 saturated heterocycles. The average Bonchev–Trinajstić information content (AvgIpc) is 2.27. The van der Waals surface area contributed by atoms with Crippen molar-refractivity contribution in [3.05, 3.63) is 10.7 Å². The Balaban J connectivity index is 2.69. The van der Waals surface area contributed by atoms with Crippen molar-refractivity contribution in [2.45, 2.75) is 6.10 Å².